The topological polar surface area (TPSA) is 114 Å². The second-order valence-electron chi connectivity index (χ2n) is 10.2. The molecule has 0 saturated carbocycles. The molecular formula is C27H28ClF3N8O3. The molecule has 0 aliphatic carbocycles. The first-order chi connectivity index (χ1) is 19.9. The van der Waals surface area contributed by atoms with E-state index < -0.39 is 24.5 Å². The third-order valence-electron chi connectivity index (χ3n) is 7.15. The Kier molecular flexibility index (Phi) is 8.21. The van der Waals surface area contributed by atoms with E-state index in [2.05, 4.69) is 20.1 Å². The molecule has 2 aromatic carbocycles. The van der Waals surface area contributed by atoms with Crippen LogP contribution in [0.25, 0.3) is 17.1 Å². The van der Waals surface area contributed by atoms with E-state index >= 15 is 0 Å². The van der Waals surface area contributed by atoms with Gasteiger partial charge in [-0.25, -0.2) is 19.1 Å². The number of carbonyl (C=O) groups excluding carboxylic acids is 1. The molecule has 0 radical (unpaired) electrons. The number of hydrogen-bond donors (Lipinski definition) is 1. The molecule has 1 amide bonds. The largest absolute Gasteiger partial charge is 0.416 e. The summed E-state index contributed by atoms with van der Waals surface area (Å²) in [5.74, 6) is -0.0911. The van der Waals surface area contributed by atoms with Gasteiger partial charge in [-0.2, -0.15) is 13.2 Å². The molecule has 1 saturated heterocycles. The van der Waals surface area contributed by atoms with Crippen molar-refractivity contribution in [1.29, 1.82) is 0 Å². The Balaban J connectivity index is 1.43. The molecule has 11 nitrogen and oxygen atoms in total. The van der Waals surface area contributed by atoms with Crippen LogP contribution in [-0.2, 0) is 13.1 Å². The van der Waals surface area contributed by atoms with E-state index in [0.717, 1.165) is 15.7 Å². The average Bonchev–Trinajstić information content (AvgIpc) is 3.70. The van der Waals surface area contributed by atoms with Crippen molar-refractivity contribution >= 4 is 17.5 Å². The number of halogens is 4. The number of likely N-dealkylation sites (N-methyl/N-ethyl adjacent to an activating group) is 1. The number of aromatic nitrogens is 6. The Morgan fingerprint density at radius 2 is 1.86 bits per heavy atom. The number of benzene rings is 2. The normalized spacial score (nSPS) is 16.4. The summed E-state index contributed by atoms with van der Waals surface area (Å²) in [6, 6.07) is 13.3. The van der Waals surface area contributed by atoms with Crippen LogP contribution in [0.5, 0.6) is 0 Å². The van der Waals surface area contributed by atoms with Gasteiger partial charge in [0.2, 0.25) is 0 Å². The number of hydrogen-bond acceptors (Lipinski definition) is 7. The minimum absolute atomic E-state index is 0.0861. The van der Waals surface area contributed by atoms with Gasteiger partial charge < -0.3 is 14.9 Å². The van der Waals surface area contributed by atoms with E-state index in [0.29, 0.717) is 34.9 Å². The van der Waals surface area contributed by atoms with E-state index in [4.69, 9.17) is 11.6 Å². The van der Waals surface area contributed by atoms with Gasteiger partial charge in [-0.05, 0) is 56.9 Å². The number of aliphatic hydroxyl groups is 1. The standard InChI is InChI=1S/C27H28ClF3N8O3/c1-35(2)19-11-12-36(13-19)25(41)20-5-3-4-6-21(20)39-16-32-23(33-39)15-38-26(42)37(14-22(40)27(29,30)31)24(34-38)17-7-9-18(28)10-8-17/h3-10,16,19,22,40H,11-15H2,1-2H3/t19-,22?/m0/s1. The van der Waals surface area contributed by atoms with Crippen LogP contribution in [0.3, 0.4) is 0 Å². The summed E-state index contributed by atoms with van der Waals surface area (Å²) in [4.78, 5) is 34.7. The molecule has 5 rings (SSSR count). The molecule has 15 heteroatoms. The van der Waals surface area contributed by atoms with Crippen molar-refractivity contribution in [2.75, 3.05) is 27.2 Å². The number of carbonyl (C=O) groups is 1. The van der Waals surface area contributed by atoms with Crippen molar-refractivity contribution in [3.8, 4) is 17.1 Å². The lowest BCUT2D eigenvalue weighted by atomic mass is 10.1. The Bertz CT molecular complexity index is 1630. The quantitative estimate of drug-likeness (QED) is 0.329. The van der Waals surface area contributed by atoms with Crippen molar-refractivity contribution in [2.45, 2.75) is 37.8 Å². The number of amides is 1. The minimum Gasteiger partial charge on any atom is -0.382 e. The van der Waals surface area contributed by atoms with Crippen LogP contribution in [0, 0.1) is 0 Å². The maximum absolute atomic E-state index is 13.4. The number of nitrogens with zero attached hydrogens (tertiary/aromatic N) is 8. The maximum Gasteiger partial charge on any atom is 0.416 e. The number of alkyl halides is 3. The highest BCUT2D eigenvalue weighted by Crippen LogP contribution is 2.25. The molecule has 2 atom stereocenters. The number of aliphatic hydroxyl groups excluding tert-OH is 1. The summed E-state index contributed by atoms with van der Waals surface area (Å²) in [5.41, 5.74) is 0.358. The molecular weight excluding hydrogens is 577 g/mol. The van der Waals surface area contributed by atoms with Crippen LogP contribution in [0.2, 0.25) is 5.02 Å². The van der Waals surface area contributed by atoms with E-state index in [1.165, 1.54) is 35.3 Å². The second kappa shape index (κ2) is 11.7. The van der Waals surface area contributed by atoms with Crippen molar-refractivity contribution in [3.63, 3.8) is 0 Å². The zero-order valence-corrected chi connectivity index (χ0v) is 23.5. The highest BCUT2D eigenvalue weighted by Gasteiger charge is 2.39. The van der Waals surface area contributed by atoms with Gasteiger partial charge in [0, 0.05) is 29.7 Å². The van der Waals surface area contributed by atoms with Crippen LogP contribution in [0.15, 0.2) is 59.7 Å². The Hall–Kier alpha value is -4.01. The van der Waals surface area contributed by atoms with Gasteiger partial charge in [0.05, 0.1) is 17.8 Å². The lowest BCUT2D eigenvalue weighted by Gasteiger charge is -2.21. The molecule has 0 spiro atoms. The zero-order chi connectivity index (χ0) is 30.2. The van der Waals surface area contributed by atoms with Crippen molar-refractivity contribution in [2.24, 2.45) is 0 Å². The van der Waals surface area contributed by atoms with Crippen molar-refractivity contribution in [1.82, 2.24) is 38.9 Å². The van der Waals surface area contributed by atoms with Gasteiger partial charge in [0.25, 0.3) is 5.91 Å². The fraction of sp³-hybridized carbons (Fsp3) is 0.370. The first-order valence-corrected chi connectivity index (χ1v) is 13.4. The van der Waals surface area contributed by atoms with E-state index in [9.17, 15) is 27.9 Å². The summed E-state index contributed by atoms with van der Waals surface area (Å²) >= 11 is 5.94. The SMILES string of the molecule is CN(C)[C@H]1CCN(C(=O)c2ccccc2-n2cnc(Cn3nc(-c4ccc(Cl)cc4)n(CC(O)C(F)(F)F)c3=O)n2)C1. The van der Waals surface area contributed by atoms with Crippen molar-refractivity contribution < 1.29 is 23.1 Å². The summed E-state index contributed by atoms with van der Waals surface area (Å²) < 4.78 is 42.5. The smallest absolute Gasteiger partial charge is 0.382 e. The van der Waals surface area contributed by atoms with E-state index in [1.54, 1.807) is 29.2 Å². The molecule has 3 heterocycles. The Labute approximate surface area is 243 Å². The second-order valence-corrected chi connectivity index (χ2v) is 10.7. The first kappa shape index (κ1) is 29.5. The minimum atomic E-state index is -4.94. The molecule has 2 aromatic heterocycles. The van der Waals surface area contributed by atoms with Gasteiger partial charge >= 0.3 is 11.9 Å². The summed E-state index contributed by atoms with van der Waals surface area (Å²) in [6.07, 6.45) is -5.46. The van der Waals surface area contributed by atoms with Gasteiger partial charge in [0.1, 0.15) is 12.9 Å². The average molecular weight is 605 g/mol. The molecule has 222 valence electrons. The van der Waals surface area contributed by atoms with Gasteiger partial charge in [-0.1, -0.05) is 23.7 Å². The predicted octanol–water partition coefficient (Wildman–Crippen LogP) is 2.69. The first-order valence-electron chi connectivity index (χ1n) is 13.1. The maximum atomic E-state index is 13.4. The summed E-state index contributed by atoms with van der Waals surface area (Å²) in [7, 11) is 3.96. The Morgan fingerprint density at radius 1 is 1.14 bits per heavy atom. The summed E-state index contributed by atoms with van der Waals surface area (Å²) in [5, 5.41) is 18.7. The highest BCUT2D eigenvalue weighted by atomic mass is 35.5. The van der Waals surface area contributed by atoms with Gasteiger partial charge in [0.15, 0.2) is 17.8 Å². The molecule has 4 aromatic rings. The van der Waals surface area contributed by atoms with E-state index in [-0.39, 0.29) is 30.1 Å². The van der Waals surface area contributed by atoms with E-state index in [1.807, 2.05) is 14.1 Å². The van der Waals surface area contributed by atoms with Crippen LogP contribution >= 0.6 is 11.6 Å². The number of likely N-dealkylation sites (tertiary alicyclic amines) is 1. The third kappa shape index (κ3) is 6.10. The molecule has 1 unspecified atom stereocenters. The molecule has 1 aliphatic heterocycles. The molecule has 1 fully saturated rings. The third-order valence-corrected chi connectivity index (χ3v) is 7.40. The van der Waals surface area contributed by atoms with Gasteiger partial charge in [-0.15, -0.1) is 10.2 Å². The van der Waals surface area contributed by atoms with Crippen LogP contribution in [0.1, 0.15) is 22.6 Å². The van der Waals surface area contributed by atoms with Gasteiger partial charge in [-0.3, -0.25) is 9.36 Å². The predicted molar refractivity (Wildman–Crippen MR) is 147 cm³/mol. The molecule has 1 N–H and O–H groups in total. The van der Waals surface area contributed by atoms with Crippen LogP contribution < -0.4 is 5.69 Å². The number of rotatable bonds is 8. The number of para-hydroxylation sites is 1. The lowest BCUT2D eigenvalue weighted by molar-refractivity contribution is -0.207. The lowest BCUT2D eigenvalue weighted by Crippen LogP contribution is -2.37. The fourth-order valence-corrected chi connectivity index (χ4v) is 4.92. The van der Waals surface area contributed by atoms with Crippen LogP contribution in [-0.4, -0.2) is 95.4 Å². The summed E-state index contributed by atoms with van der Waals surface area (Å²) in [6.45, 7) is -0.0896. The molecule has 42 heavy (non-hydrogen) atoms. The molecule has 0 bridgehead atoms. The monoisotopic (exact) mass is 604 g/mol. The fourth-order valence-electron chi connectivity index (χ4n) is 4.79. The molecule has 1 aliphatic rings. The van der Waals surface area contributed by atoms with Crippen LogP contribution in [0.4, 0.5) is 13.2 Å². The highest BCUT2D eigenvalue weighted by molar-refractivity contribution is 6.30. The zero-order valence-electron chi connectivity index (χ0n) is 22.7. The van der Waals surface area contributed by atoms with Crippen molar-refractivity contribution in [3.05, 3.63) is 81.8 Å². The Morgan fingerprint density at radius 3 is 2.52 bits per heavy atom.